The molecule has 0 saturated heterocycles. The minimum absolute atomic E-state index is 0.497. The molecule has 2 aliphatic rings. The Morgan fingerprint density at radius 2 is 1.91 bits per heavy atom. The van der Waals surface area contributed by atoms with Gasteiger partial charge in [-0.3, -0.25) is 0 Å². The number of anilines is 2. The predicted molar refractivity (Wildman–Crippen MR) is 146 cm³/mol. The monoisotopic (exact) mass is 463 g/mol. The van der Waals surface area contributed by atoms with E-state index in [2.05, 4.69) is 79.2 Å². The van der Waals surface area contributed by atoms with Crippen molar-refractivity contribution in [3.05, 3.63) is 58.7 Å². The number of hydrogen-bond donors (Lipinski definition) is 1. The van der Waals surface area contributed by atoms with E-state index in [0.717, 1.165) is 23.9 Å². The Labute approximate surface area is 206 Å². The van der Waals surface area contributed by atoms with Crippen LogP contribution in [0, 0.1) is 19.8 Å². The molecule has 2 aromatic carbocycles. The van der Waals surface area contributed by atoms with Gasteiger partial charge in [-0.05, 0) is 98.5 Å². The van der Waals surface area contributed by atoms with Crippen LogP contribution in [-0.4, -0.2) is 29.1 Å². The zero-order valence-electron chi connectivity index (χ0n) is 21.0. The average molecular weight is 464 g/mol. The fourth-order valence-electron chi connectivity index (χ4n) is 5.68. The maximum Gasteiger partial charge on any atom is 0.173 e. The number of hydrogen-bond acceptors (Lipinski definition) is 2. The highest BCUT2D eigenvalue weighted by Crippen LogP contribution is 2.32. The van der Waals surface area contributed by atoms with Crippen LogP contribution in [0.25, 0.3) is 0 Å². The van der Waals surface area contributed by atoms with E-state index in [-0.39, 0.29) is 0 Å². The highest BCUT2D eigenvalue weighted by Gasteiger charge is 2.29. The smallest absolute Gasteiger partial charge is 0.173 e. The number of nitrogens with one attached hydrogen (secondary N) is 1. The summed E-state index contributed by atoms with van der Waals surface area (Å²) in [5.74, 6) is 0.662. The molecular weight excluding hydrogens is 422 g/mol. The van der Waals surface area contributed by atoms with E-state index in [4.69, 9.17) is 12.2 Å². The summed E-state index contributed by atoms with van der Waals surface area (Å²) >= 11 is 6.07. The van der Waals surface area contributed by atoms with Crippen LogP contribution in [0.5, 0.6) is 0 Å². The van der Waals surface area contributed by atoms with Gasteiger partial charge < -0.3 is 15.1 Å². The van der Waals surface area contributed by atoms with E-state index in [1.54, 1.807) is 0 Å². The van der Waals surface area contributed by atoms with E-state index in [1.165, 1.54) is 79.4 Å². The number of rotatable bonds is 6. The van der Waals surface area contributed by atoms with Crippen LogP contribution < -0.4 is 10.2 Å². The first-order chi connectivity index (χ1) is 16.0. The van der Waals surface area contributed by atoms with E-state index >= 15 is 0 Å². The standard InChI is InChI=1S/C29H41N3S/c1-5-16-31-17-8-10-25-19-24(14-15-28(25)31)20-32(27-11-7-6-9-23(27)4)29(33)30-26-18-21(2)12-13-22(26)3/h12-15,18-19,23,27H,5-11,16-17,20H2,1-4H3,(H,30,33)/t23-,27-/m0/s1. The topological polar surface area (TPSA) is 18.5 Å². The van der Waals surface area contributed by atoms with Crippen LogP contribution in [0.4, 0.5) is 11.4 Å². The quantitative estimate of drug-likeness (QED) is 0.455. The summed E-state index contributed by atoms with van der Waals surface area (Å²) in [7, 11) is 0. The molecule has 4 heteroatoms. The Kier molecular flexibility index (Phi) is 7.95. The van der Waals surface area contributed by atoms with E-state index < -0.39 is 0 Å². The van der Waals surface area contributed by atoms with Crippen LogP contribution in [-0.2, 0) is 13.0 Å². The molecule has 1 aliphatic heterocycles. The summed E-state index contributed by atoms with van der Waals surface area (Å²) in [6, 6.07) is 14.2. The van der Waals surface area contributed by atoms with Crippen LogP contribution >= 0.6 is 12.2 Å². The third-order valence-electron chi connectivity index (χ3n) is 7.57. The van der Waals surface area contributed by atoms with Crippen molar-refractivity contribution in [3.8, 4) is 0 Å². The number of fused-ring (bicyclic) bond motifs is 1. The highest BCUT2D eigenvalue weighted by molar-refractivity contribution is 7.80. The Morgan fingerprint density at radius 1 is 1.09 bits per heavy atom. The van der Waals surface area contributed by atoms with Gasteiger partial charge in [-0.25, -0.2) is 0 Å². The van der Waals surface area contributed by atoms with Gasteiger partial charge in [0.2, 0.25) is 0 Å². The summed E-state index contributed by atoms with van der Waals surface area (Å²) < 4.78 is 0. The molecule has 0 unspecified atom stereocenters. The molecule has 33 heavy (non-hydrogen) atoms. The van der Waals surface area contributed by atoms with Gasteiger partial charge >= 0.3 is 0 Å². The third-order valence-corrected chi connectivity index (χ3v) is 7.90. The lowest BCUT2D eigenvalue weighted by Gasteiger charge is -2.40. The molecule has 0 spiro atoms. The first-order valence-electron chi connectivity index (χ1n) is 13.0. The molecule has 1 aliphatic carbocycles. The maximum absolute atomic E-state index is 6.07. The third kappa shape index (κ3) is 5.71. The fraction of sp³-hybridized carbons (Fsp3) is 0.552. The molecule has 0 aromatic heterocycles. The van der Waals surface area contributed by atoms with Crippen molar-refractivity contribution in [2.75, 3.05) is 23.3 Å². The molecule has 1 saturated carbocycles. The molecule has 0 amide bonds. The molecule has 2 atom stereocenters. The van der Waals surface area contributed by atoms with Crippen molar-refractivity contribution in [2.24, 2.45) is 5.92 Å². The van der Waals surface area contributed by atoms with Crippen molar-refractivity contribution >= 4 is 28.7 Å². The summed E-state index contributed by atoms with van der Waals surface area (Å²) in [4.78, 5) is 5.06. The molecule has 0 bridgehead atoms. The average Bonchev–Trinajstić information content (AvgIpc) is 2.80. The van der Waals surface area contributed by atoms with Crippen molar-refractivity contribution in [1.82, 2.24) is 4.90 Å². The summed E-state index contributed by atoms with van der Waals surface area (Å²) in [6.45, 7) is 12.2. The molecule has 3 nitrogen and oxygen atoms in total. The zero-order valence-corrected chi connectivity index (χ0v) is 21.8. The molecule has 0 radical (unpaired) electrons. The number of nitrogens with zero attached hydrogens (tertiary/aromatic N) is 2. The predicted octanol–water partition coefficient (Wildman–Crippen LogP) is 7.24. The maximum atomic E-state index is 6.07. The summed E-state index contributed by atoms with van der Waals surface area (Å²) in [6.07, 6.45) is 8.81. The second kappa shape index (κ2) is 10.9. The molecule has 2 aromatic rings. The lowest BCUT2D eigenvalue weighted by atomic mass is 9.84. The van der Waals surface area contributed by atoms with Crippen LogP contribution in [0.15, 0.2) is 36.4 Å². The lowest BCUT2D eigenvalue weighted by Crippen LogP contribution is -2.46. The van der Waals surface area contributed by atoms with E-state index in [9.17, 15) is 0 Å². The molecule has 4 rings (SSSR count). The number of thiocarbonyl (C=S) groups is 1. The zero-order chi connectivity index (χ0) is 23.4. The minimum Gasteiger partial charge on any atom is -0.371 e. The SMILES string of the molecule is CCCN1CCCc2cc(CN(C(=S)Nc3cc(C)ccc3C)[C@H]3CCCC[C@@H]3C)ccc21. The number of aryl methyl sites for hydroxylation is 3. The first-order valence-corrected chi connectivity index (χ1v) is 13.4. The summed E-state index contributed by atoms with van der Waals surface area (Å²) in [5, 5.41) is 4.49. The first kappa shape index (κ1) is 24.1. The largest absolute Gasteiger partial charge is 0.371 e. The molecule has 1 fully saturated rings. The summed E-state index contributed by atoms with van der Waals surface area (Å²) in [5.41, 5.74) is 7.97. The number of benzene rings is 2. The van der Waals surface area contributed by atoms with Gasteiger partial charge in [0.15, 0.2) is 5.11 Å². The van der Waals surface area contributed by atoms with Crippen LogP contribution in [0.1, 0.15) is 74.6 Å². The molecular formula is C29H41N3S. The second-order valence-electron chi connectivity index (χ2n) is 10.3. The Morgan fingerprint density at radius 3 is 2.70 bits per heavy atom. The van der Waals surface area contributed by atoms with Crippen molar-refractivity contribution in [1.29, 1.82) is 0 Å². The molecule has 178 valence electrons. The van der Waals surface area contributed by atoms with Crippen molar-refractivity contribution in [2.45, 2.75) is 85.2 Å². The van der Waals surface area contributed by atoms with Crippen LogP contribution in [0.2, 0.25) is 0 Å². The Hall–Kier alpha value is -2.07. The highest BCUT2D eigenvalue weighted by atomic mass is 32.1. The van der Waals surface area contributed by atoms with Gasteiger partial charge in [0.25, 0.3) is 0 Å². The van der Waals surface area contributed by atoms with E-state index in [0.29, 0.717) is 12.0 Å². The van der Waals surface area contributed by atoms with E-state index in [1.807, 2.05) is 0 Å². The minimum atomic E-state index is 0.497. The Bertz CT molecular complexity index is 969. The van der Waals surface area contributed by atoms with Gasteiger partial charge in [-0.1, -0.05) is 51.0 Å². The van der Waals surface area contributed by atoms with Gasteiger partial charge in [0.1, 0.15) is 0 Å². The Balaban J connectivity index is 1.59. The second-order valence-corrected chi connectivity index (χ2v) is 10.6. The van der Waals surface area contributed by atoms with Crippen molar-refractivity contribution < 1.29 is 0 Å². The van der Waals surface area contributed by atoms with Gasteiger partial charge in [-0.15, -0.1) is 0 Å². The molecule has 1 N–H and O–H groups in total. The van der Waals surface area contributed by atoms with Gasteiger partial charge in [0.05, 0.1) is 0 Å². The fourth-order valence-corrected chi connectivity index (χ4v) is 5.99. The van der Waals surface area contributed by atoms with Crippen LogP contribution in [0.3, 0.4) is 0 Å². The molecule has 1 heterocycles. The van der Waals surface area contributed by atoms with Gasteiger partial charge in [0, 0.05) is 37.1 Å². The lowest BCUT2D eigenvalue weighted by molar-refractivity contribution is 0.177. The van der Waals surface area contributed by atoms with Gasteiger partial charge in [-0.2, -0.15) is 0 Å². The van der Waals surface area contributed by atoms with Crippen molar-refractivity contribution in [3.63, 3.8) is 0 Å². The normalized spacial score (nSPS) is 20.3.